The predicted octanol–water partition coefficient (Wildman–Crippen LogP) is 3.98. The van der Waals surface area contributed by atoms with Crippen molar-refractivity contribution in [3.63, 3.8) is 0 Å². The average molecular weight is 372 g/mol. The quantitative estimate of drug-likeness (QED) is 0.777. The first-order valence-electron chi connectivity index (χ1n) is 6.82. The summed E-state index contributed by atoms with van der Waals surface area (Å²) in [5.41, 5.74) is 1.60. The Labute approximate surface area is 136 Å². The number of aliphatic carboxylic acids is 1. The molecule has 1 unspecified atom stereocenters. The zero-order chi connectivity index (χ0) is 15.6. The van der Waals surface area contributed by atoms with E-state index in [9.17, 15) is 4.79 Å². The lowest BCUT2D eigenvalue weighted by Crippen LogP contribution is -2.16. The predicted molar refractivity (Wildman–Crippen MR) is 87.8 cm³/mol. The molecule has 2 aromatic rings. The normalized spacial score (nSPS) is 13.0. The Hall–Kier alpha value is -1.08. The van der Waals surface area contributed by atoms with E-state index in [1.807, 2.05) is 6.07 Å². The number of pyridine rings is 1. The van der Waals surface area contributed by atoms with E-state index in [4.69, 9.17) is 5.11 Å². The maximum atomic E-state index is 10.8. The molecule has 0 aromatic carbocycles. The molecular formula is C14H18BrN3O2S. The van der Waals surface area contributed by atoms with Crippen molar-refractivity contribution in [1.82, 2.24) is 14.5 Å². The monoisotopic (exact) mass is 371 g/mol. The lowest BCUT2D eigenvalue weighted by atomic mass is 10.0. The van der Waals surface area contributed by atoms with Crippen molar-refractivity contribution < 1.29 is 9.90 Å². The summed E-state index contributed by atoms with van der Waals surface area (Å²) in [5.74, 6) is -0.425. The zero-order valence-corrected chi connectivity index (χ0v) is 14.6. The van der Waals surface area contributed by atoms with Gasteiger partial charge in [-0.2, -0.15) is 0 Å². The molecule has 0 radical (unpaired) electrons. The van der Waals surface area contributed by atoms with E-state index < -0.39 is 5.97 Å². The highest BCUT2D eigenvalue weighted by atomic mass is 79.9. The van der Waals surface area contributed by atoms with E-state index in [-0.39, 0.29) is 11.8 Å². The van der Waals surface area contributed by atoms with Crippen LogP contribution in [0.2, 0.25) is 0 Å². The molecule has 2 aromatic heterocycles. The second kappa shape index (κ2) is 6.79. The van der Waals surface area contributed by atoms with Gasteiger partial charge in [0.1, 0.15) is 5.52 Å². The van der Waals surface area contributed by atoms with Gasteiger partial charge in [-0.25, -0.2) is 9.97 Å². The Balaban J connectivity index is 2.56. The van der Waals surface area contributed by atoms with Crippen LogP contribution in [0.15, 0.2) is 21.9 Å². The molecule has 1 atom stereocenters. The maximum absolute atomic E-state index is 10.8. The highest BCUT2D eigenvalue weighted by Gasteiger charge is 2.22. The number of aromatic nitrogens is 3. The van der Waals surface area contributed by atoms with Crippen molar-refractivity contribution >= 4 is 44.8 Å². The molecule has 7 heteroatoms. The summed E-state index contributed by atoms with van der Waals surface area (Å²) >= 11 is 4.64. The van der Waals surface area contributed by atoms with Crippen molar-refractivity contribution in [2.45, 2.75) is 38.4 Å². The topological polar surface area (TPSA) is 68.0 Å². The minimum atomic E-state index is -0.842. The Morgan fingerprint density at radius 2 is 2.24 bits per heavy atom. The van der Waals surface area contributed by atoms with Gasteiger partial charge in [-0.05, 0) is 34.3 Å². The van der Waals surface area contributed by atoms with E-state index >= 15 is 0 Å². The fourth-order valence-corrected chi connectivity index (χ4v) is 3.51. The first-order valence-corrected chi connectivity index (χ1v) is 8.60. The van der Waals surface area contributed by atoms with Gasteiger partial charge in [0.25, 0.3) is 0 Å². The number of rotatable bonds is 6. The van der Waals surface area contributed by atoms with Crippen molar-refractivity contribution in [1.29, 1.82) is 0 Å². The van der Waals surface area contributed by atoms with Gasteiger partial charge in [0.05, 0.1) is 5.75 Å². The zero-order valence-electron chi connectivity index (χ0n) is 12.2. The van der Waals surface area contributed by atoms with E-state index in [2.05, 4.69) is 51.2 Å². The largest absolute Gasteiger partial charge is 0.481 e. The van der Waals surface area contributed by atoms with Gasteiger partial charge in [0, 0.05) is 16.7 Å². The SMILES string of the molecule is CCC(C(C)C)n1c(SCC(=O)O)nc2cc(Br)cnc21. The lowest BCUT2D eigenvalue weighted by molar-refractivity contribution is -0.133. The van der Waals surface area contributed by atoms with Gasteiger partial charge in [-0.3, -0.25) is 4.79 Å². The first kappa shape index (κ1) is 16.3. The number of thioether (sulfide) groups is 1. The van der Waals surface area contributed by atoms with E-state index in [0.717, 1.165) is 27.2 Å². The number of imidazole rings is 1. The van der Waals surface area contributed by atoms with Gasteiger partial charge >= 0.3 is 5.97 Å². The van der Waals surface area contributed by atoms with Crippen LogP contribution in [0.5, 0.6) is 0 Å². The van der Waals surface area contributed by atoms with E-state index in [1.54, 1.807) is 6.20 Å². The van der Waals surface area contributed by atoms with Crippen molar-refractivity contribution in [3.8, 4) is 0 Å². The Bertz CT molecular complexity index is 657. The van der Waals surface area contributed by atoms with Crippen molar-refractivity contribution in [2.24, 2.45) is 5.92 Å². The standard InChI is InChI=1S/C14H18BrN3O2S/c1-4-11(8(2)3)18-13-10(5-9(15)6-16-13)17-14(18)21-7-12(19)20/h5-6,8,11H,4,7H2,1-3H3,(H,19,20). The fraction of sp³-hybridized carbons (Fsp3) is 0.500. The van der Waals surface area contributed by atoms with Crippen LogP contribution in [0, 0.1) is 5.92 Å². The first-order chi connectivity index (χ1) is 9.93. The lowest BCUT2D eigenvalue weighted by Gasteiger charge is -2.23. The number of fused-ring (bicyclic) bond motifs is 1. The highest BCUT2D eigenvalue weighted by molar-refractivity contribution is 9.10. The number of carboxylic acids is 1. The smallest absolute Gasteiger partial charge is 0.313 e. The number of hydrogen-bond donors (Lipinski definition) is 1. The second-order valence-electron chi connectivity index (χ2n) is 5.16. The molecule has 0 bridgehead atoms. The molecule has 21 heavy (non-hydrogen) atoms. The van der Waals surface area contributed by atoms with Crippen LogP contribution < -0.4 is 0 Å². The molecule has 0 amide bonds. The molecule has 0 spiro atoms. The molecule has 5 nitrogen and oxygen atoms in total. The van der Waals surface area contributed by atoms with Gasteiger partial charge in [-0.1, -0.05) is 32.5 Å². The molecule has 0 aliphatic rings. The van der Waals surface area contributed by atoms with Crippen LogP contribution in [0.3, 0.4) is 0 Å². The Morgan fingerprint density at radius 3 is 2.81 bits per heavy atom. The number of nitrogens with zero attached hydrogens (tertiary/aromatic N) is 3. The van der Waals surface area contributed by atoms with Crippen LogP contribution >= 0.6 is 27.7 Å². The molecule has 2 rings (SSSR count). The van der Waals surface area contributed by atoms with Gasteiger partial charge in [-0.15, -0.1) is 0 Å². The summed E-state index contributed by atoms with van der Waals surface area (Å²) in [7, 11) is 0. The molecule has 1 N–H and O–H groups in total. The van der Waals surface area contributed by atoms with Crippen LogP contribution in [-0.2, 0) is 4.79 Å². The van der Waals surface area contributed by atoms with Crippen LogP contribution in [0.4, 0.5) is 0 Å². The number of hydrogen-bond acceptors (Lipinski definition) is 4. The highest BCUT2D eigenvalue weighted by Crippen LogP contribution is 2.32. The number of halogens is 1. The average Bonchev–Trinajstić information content (AvgIpc) is 2.74. The summed E-state index contributed by atoms with van der Waals surface area (Å²) < 4.78 is 2.95. The van der Waals surface area contributed by atoms with Gasteiger partial charge in [0.15, 0.2) is 10.8 Å². The minimum Gasteiger partial charge on any atom is -0.481 e. The molecule has 0 saturated heterocycles. The second-order valence-corrected chi connectivity index (χ2v) is 7.02. The third-order valence-electron chi connectivity index (χ3n) is 3.31. The molecular weight excluding hydrogens is 354 g/mol. The third-order valence-corrected chi connectivity index (χ3v) is 4.68. The molecule has 0 aliphatic carbocycles. The van der Waals surface area contributed by atoms with Gasteiger partial charge < -0.3 is 9.67 Å². The summed E-state index contributed by atoms with van der Waals surface area (Å²) in [6, 6.07) is 2.16. The molecule has 114 valence electrons. The Morgan fingerprint density at radius 1 is 1.52 bits per heavy atom. The molecule has 2 heterocycles. The van der Waals surface area contributed by atoms with Crippen LogP contribution in [0.25, 0.3) is 11.2 Å². The van der Waals surface area contributed by atoms with Crippen LogP contribution in [-0.4, -0.2) is 31.4 Å². The van der Waals surface area contributed by atoms with E-state index in [0.29, 0.717) is 5.92 Å². The molecule has 0 saturated carbocycles. The summed E-state index contributed by atoms with van der Waals surface area (Å²) in [6.45, 7) is 6.44. The molecule has 0 aliphatic heterocycles. The maximum Gasteiger partial charge on any atom is 0.313 e. The van der Waals surface area contributed by atoms with Crippen molar-refractivity contribution in [2.75, 3.05) is 5.75 Å². The minimum absolute atomic E-state index is 0.000971. The summed E-state index contributed by atoms with van der Waals surface area (Å²) in [4.78, 5) is 19.9. The Kier molecular flexibility index (Phi) is 5.27. The summed E-state index contributed by atoms with van der Waals surface area (Å²) in [6.07, 6.45) is 2.70. The van der Waals surface area contributed by atoms with Crippen molar-refractivity contribution in [3.05, 3.63) is 16.7 Å². The van der Waals surface area contributed by atoms with Gasteiger partial charge in [0.2, 0.25) is 0 Å². The number of carbonyl (C=O) groups is 1. The summed E-state index contributed by atoms with van der Waals surface area (Å²) in [5, 5.41) is 9.63. The fourth-order valence-electron chi connectivity index (χ4n) is 2.42. The third kappa shape index (κ3) is 3.58. The van der Waals surface area contributed by atoms with E-state index in [1.165, 1.54) is 11.8 Å². The number of carboxylic acid groups (broad SMARTS) is 1. The van der Waals surface area contributed by atoms with Crippen LogP contribution in [0.1, 0.15) is 33.2 Å². The molecule has 0 fully saturated rings.